The molecule has 2 aliphatic heterocycles. The van der Waals surface area contributed by atoms with Gasteiger partial charge in [-0.15, -0.1) is 0 Å². The number of rotatable bonds is 8. The van der Waals surface area contributed by atoms with E-state index in [1.165, 1.54) is 11.8 Å². The van der Waals surface area contributed by atoms with Crippen LogP contribution in [0.15, 0.2) is 71.6 Å². The zero-order valence-electron chi connectivity index (χ0n) is 21.8. The molecule has 9 nitrogen and oxygen atoms in total. The van der Waals surface area contributed by atoms with Gasteiger partial charge in [-0.3, -0.25) is 4.90 Å². The summed E-state index contributed by atoms with van der Waals surface area (Å²) in [5.74, 6) is 2.36. The number of nitrogens with zero attached hydrogens (tertiary/aromatic N) is 4. The second-order valence-corrected chi connectivity index (χ2v) is 10.4. The number of oxazole rings is 1. The molecule has 0 saturated carbocycles. The highest BCUT2D eigenvalue weighted by Crippen LogP contribution is 2.44. The standard InChI is InChI=1S/C30H29ClN4O5/c31-22-6-4-21(5-7-22)26-19-39-30-24(2-1-3-25(30)40-26)20-10-13-34(14-11-20)17-27-33-16-23(8-9-29(36)37)35(27)18-28-32-12-15-38-28/h1-9,12,15-16,20,26H,10-11,13-14,17-19H2,(H,36,37)/t26-/m0/s1. The van der Waals surface area contributed by atoms with Crippen LogP contribution in [0.4, 0.5) is 0 Å². The number of aromatic nitrogens is 3. The number of piperidine rings is 1. The Morgan fingerprint density at radius 3 is 2.67 bits per heavy atom. The molecule has 0 spiro atoms. The van der Waals surface area contributed by atoms with Crippen molar-refractivity contribution in [3.63, 3.8) is 0 Å². The van der Waals surface area contributed by atoms with Gasteiger partial charge >= 0.3 is 5.97 Å². The van der Waals surface area contributed by atoms with Gasteiger partial charge in [-0.25, -0.2) is 14.8 Å². The second-order valence-electron chi connectivity index (χ2n) is 9.98. The minimum absolute atomic E-state index is 0.169. The Kier molecular flexibility index (Phi) is 7.57. The van der Waals surface area contributed by atoms with Crippen LogP contribution < -0.4 is 9.47 Å². The number of fused-ring (bicyclic) bond motifs is 1. The van der Waals surface area contributed by atoms with Crippen molar-refractivity contribution in [2.45, 2.75) is 38.0 Å². The molecule has 4 aromatic rings. The molecule has 0 aliphatic carbocycles. The van der Waals surface area contributed by atoms with Crippen LogP contribution in [0.3, 0.4) is 0 Å². The van der Waals surface area contributed by atoms with Gasteiger partial charge in [-0.2, -0.15) is 0 Å². The van der Waals surface area contributed by atoms with E-state index in [2.05, 4.69) is 20.9 Å². The Morgan fingerprint density at radius 1 is 1.10 bits per heavy atom. The molecule has 2 aliphatic rings. The number of aliphatic carboxylic acids is 1. The maximum atomic E-state index is 11.1. The lowest BCUT2D eigenvalue weighted by atomic mass is 9.88. The van der Waals surface area contributed by atoms with Crippen LogP contribution in [0.2, 0.25) is 5.02 Å². The summed E-state index contributed by atoms with van der Waals surface area (Å²) in [4.78, 5) is 22.3. The molecule has 1 fully saturated rings. The Hall–Kier alpha value is -4.08. The molecule has 4 heterocycles. The third kappa shape index (κ3) is 5.76. The summed E-state index contributed by atoms with van der Waals surface area (Å²) in [5.41, 5.74) is 2.92. The van der Waals surface area contributed by atoms with Gasteiger partial charge in [-0.1, -0.05) is 35.9 Å². The van der Waals surface area contributed by atoms with E-state index in [1.54, 1.807) is 18.5 Å². The summed E-state index contributed by atoms with van der Waals surface area (Å²) < 4.78 is 20.0. The van der Waals surface area contributed by atoms with E-state index >= 15 is 0 Å². The van der Waals surface area contributed by atoms with Gasteiger partial charge in [0.1, 0.15) is 25.2 Å². The number of likely N-dealkylation sites (tertiary alicyclic amines) is 1. The zero-order chi connectivity index (χ0) is 27.5. The van der Waals surface area contributed by atoms with Gasteiger partial charge in [0.05, 0.1) is 24.6 Å². The highest BCUT2D eigenvalue weighted by Gasteiger charge is 2.30. The van der Waals surface area contributed by atoms with Crippen molar-refractivity contribution in [1.82, 2.24) is 19.4 Å². The number of carboxylic acid groups (broad SMARTS) is 1. The van der Waals surface area contributed by atoms with Crippen LogP contribution in [0.1, 0.15) is 53.4 Å². The number of carboxylic acids is 1. The smallest absolute Gasteiger partial charge is 0.328 e. The number of hydrogen-bond donors (Lipinski definition) is 1. The van der Waals surface area contributed by atoms with Gasteiger partial charge in [0.2, 0.25) is 5.89 Å². The first-order valence-electron chi connectivity index (χ1n) is 13.3. The molecule has 0 radical (unpaired) electrons. The molecule has 2 aromatic carbocycles. The number of imidazole rings is 1. The zero-order valence-corrected chi connectivity index (χ0v) is 22.5. The highest BCUT2D eigenvalue weighted by atomic mass is 35.5. The van der Waals surface area contributed by atoms with E-state index in [9.17, 15) is 4.79 Å². The normalized spacial score (nSPS) is 17.9. The van der Waals surface area contributed by atoms with Crippen molar-refractivity contribution in [2.75, 3.05) is 19.7 Å². The summed E-state index contributed by atoms with van der Waals surface area (Å²) in [6.07, 6.45) is 9.26. The minimum Gasteiger partial charge on any atom is -0.485 e. The number of carbonyl (C=O) groups is 1. The highest BCUT2D eigenvalue weighted by molar-refractivity contribution is 6.30. The van der Waals surface area contributed by atoms with Crippen molar-refractivity contribution in [3.8, 4) is 11.5 Å². The molecule has 40 heavy (non-hydrogen) atoms. The average molecular weight is 561 g/mol. The van der Waals surface area contributed by atoms with Crippen LogP contribution in [0.25, 0.3) is 6.08 Å². The molecule has 206 valence electrons. The lowest BCUT2D eigenvalue weighted by molar-refractivity contribution is -0.131. The summed E-state index contributed by atoms with van der Waals surface area (Å²) in [5, 5.41) is 9.78. The molecule has 2 aromatic heterocycles. The number of para-hydroxylation sites is 1. The van der Waals surface area contributed by atoms with E-state index in [0.29, 0.717) is 42.2 Å². The summed E-state index contributed by atoms with van der Waals surface area (Å²) in [6, 6.07) is 13.8. The number of hydrogen-bond acceptors (Lipinski definition) is 7. The molecule has 0 unspecified atom stereocenters. The van der Waals surface area contributed by atoms with Crippen molar-refractivity contribution >= 4 is 23.6 Å². The first-order valence-corrected chi connectivity index (χ1v) is 13.7. The Bertz CT molecular complexity index is 1490. The summed E-state index contributed by atoms with van der Waals surface area (Å²) in [6.45, 7) is 3.27. The molecule has 1 saturated heterocycles. The van der Waals surface area contributed by atoms with Crippen molar-refractivity contribution in [2.24, 2.45) is 0 Å². The lowest BCUT2D eigenvalue weighted by Crippen LogP contribution is -2.34. The molecule has 6 rings (SSSR count). The average Bonchev–Trinajstić information content (AvgIpc) is 3.62. The third-order valence-electron chi connectivity index (χ3n) is 7.43. The number of ether oxygens (including phenoxy) is 2. The Labute approximate surface area is 236 Å². The SMILES string of the molecule is O=C(O)C=Cc1cnc(CN2CCC(c3cccc4c3OC[C@@H](c3ccc(Cl)cc3)O4)CC2)n1Cc1ncco1. The molecule has 1 atom stereocenters. The predicted octanol–water partition coefficient (Wildman–Crippen LogP) is 5.56. The van der Waals surface area contributed by atoms with E-state index in [4.69, 9.17) is 30.6 Å². The van der Waals surface area contributed by atoms with Crippen LogP contribution in [-0.4, -0.2) is 50.2 Å². The van der Waals surface area contributed by atoms with Crippen molar-refractivity contribution in [3.05, 3.63) is 101 Å². The lowest BCUT2D eigenvalue weighted by Gasteiger charge is -2.34. The monoisotopic (exact) mass is 560 g/mol. The van der Waals surface area contributed by atoms with Gasteiger partial charge in [0.25, 0.3) is 0 Å². The fourth-order valence-electron chi connectivity index (χ4n) is 5.39. The second kappa shape index (κ2) is 11.6. The first-order chi connectivity index (χ1) is 19.5. The van der Waals surface area contributed by atoms with Crippen LogP contribution >= 0.6 is 11.6 Å². The van der Waals surface area contributed by atoms with Gasteiger partial charge < -0.3 is 23.6 Å². The fraction of sp³-hybridized carbons (Fsp3) is 0.300. The molecular formula is C30H29ClN4O5. The Balaban J connectivity index is 1.12. The number of halogens is 1. The van der Waals surface area contributed by atoms with Crippen molar-refractivity contribution < 1.29 is 23.8 Å². The van der Waals surface area contributed by atoms with Crippen molar-refractivity contribution in [1.29, 1.82) is 0 Å². The molecular weight excluding hydrogens is 532 g/mol. The van der Waals surface area contributed by atoms with E-state index in [1.807, 2.05) is 41.0 Å². The van der Waals surface area contributed by atoms with E-state index < -0.39 is 5.97 Å². The number of benzene rings is 2. The molecule has 10 heteroatoms. The first kappa shape index (κ1) is 26.2. The maximum Gasteiger partial charge on any atom is 0.328 e. The van der Waals surface area contributed by atoms with Crippen LogP contribution in [-0.2, 0) is 17.9 Å². The topological polar surface area (TPSA) is 103 Å². The third-order valence-corrected chi connectivity index (χ3v) is 7.69. The molecule has 0 amide bonds. The fourth-order valence-corrected chi connectivity index (χ4v) is 5.51. The molecule has 0 bridgehead atoms. The van der Waals surface area contributed by atoms with Crippen LogP contribution in [0.5, 0.6) is 11.5 Å². The van der Waals surface area contributed by atoms with Crippen LogP contribution in [0, 0.1) is 0 Å². The molecule has 1 N–H and O–H groups in total. The van der Waals surface area contributed by atoms with Gasteiger partial charge in [0, 0.05) is 16.7 Å². The van der Waals surface area contributed by atoms with E-state index in [-0.39, 0.29) is 6.10 Å². The Morgan fingerprint density at radius 2 is 1.93 bits per heavy atom. The largest absolute Gasteiger partial charge is 0.485 e. The summed E-state index contributed by atoms with van der Waals surface area (Å²) in [7, 11) is 0. The quantitative estimate of drug-likeness (QED) is 0.279. The minimum atomic E-state index is -1.01. The predicted molar refractivity (Wildman–Crippen MR) is 149 cm³/mol. The maximum absolute atomic E-state index is 11.1. The summed E-state index contributed by atoms with van der Waals surface area (Å²) >= 11 is 6.05. The van der Waals surface area contributed by atoms with E-state index in [0.717, 1.165) is 54.9 Å². The van der Waals surface area contributed by atoms with Gasteiger partial charge in [-0.05, 0) is 61.7 Å². The van der Waals surface area contributed by atoms with Gasteiger partial charge in [0.15, 0.2) is 17.6 Å².